The maximum absolute atomic E-state index is 2.54. The molecule has 0 unspecified atom stereocenters. The molecule has 0 saturated heterocycles. The van der Waals surface area contributed by atoms with Crippen LogP contribution < -0.4 is 0 Å². The molecule has 0 N–H and O–H groups in total. The molecular weight excluding hydrogens is 144 g/mol. The van der Waals surface area contributed by atoms with Crippen molar-refractivity contribution in [3.8, 4) is 0 Å². The van der Waals surface area contributed by atoms with Crippen LogP contribution >= 0.6 is 0 Å². The van der Waals surface area contributed by atoms with E-state index in [0.717, 1.165) is 23.2 Å². The molecule has 2 fully saturated rings. The Balaban J connectivity index is 2.14. The fourth-order valence-corrected chi connectivity index (χ4v) is 3.88. The highest BCUT2D eigenvalue weighted by atomic mass is 14.5. The smallest absolute Gasteiger partial charge is 0.0292 e. The highest BCUT2D eigenvalue weighted by molar-refractivity contribution is 4.95. The van der Waals surface area contributed by atoms with Crippen LogP contribution in [0.4, 0.5) is 0 Å². The number of hydrogen-bond donors (Lipinski definition) is 0. The summed E-state index contributed by atoms with van der Waals surface area (Å²) in [7, 11) is 0. The van der Waals surface area contributed by atoms with Gasteiger partial charge in [0.25, 0.3) is 0 Å². The summed E-state index contributed by atoms with van der Waals surface area (Å²) < 4.78 is 0. The predicted octanol–water partition coefficient (Wildman–Crippen LogP) is 3.86. The van der Waals surface area contributed by atoms with Crippen LogP contribution in [0.5, 0.6) is 0 Å². The normalized spacial score (nSPS) is 53.8. The maximum atomic E-state index is 2.54. The van der Waals surface area contributed by atoms with E-state index in [9.17, 15) is 0 Å². The van der Waals surface area contributed by atoms with Crippen molar-refractivity contribution < 1.29 is 0 Å². The van der Waals surface area contributed by atoms with E-state index < -0.39 is 0 Å². The molecular formula is C12H22. The molecule has 4 atom stereocenters. The van der Waals surface area contributed by atoms with E-state index >= 15 is 0 Å². The van der Waals surface area contributed by atoms with Gasteiger partial charge in [0.1, 0.15) is 0 Å². The number of rotatable bonds is 0. The third-order valence-electron chi connectivity index (χ3n) is 4.54. The third-order valence-corrected chi connectivity index (χ3v) is 4.54. The molecule has 2 aliphatic rings. The fraction of sp³-hybridized carbons (Fsp3) is 1.00. The van der Waals surface area contributed by atoms with E-state index in [4.69, 9.17) is 0 Å². The average molecular weight is 166 g/mol. The van der Waals surface area contributed by atoms with Gasteiger partial charge in [-0.15, -0.1) is 0 Å². The van der Waals surface area contributed by atoms with Crippen molar-refractivity contribution >= 4 is 0 Å². The average Bonchev–Trinajstić information content (AvgIpc) is 2.27. The summed E-state index contributed by atoms with van der Waals surface area (Å²) in [6, 6.07) is 0. The molecule has 12 heavy (non-hydrogen) atoms. The van der Waals surface area contributed by atoms with Crippen LogP contribution in [0.3, 0.4) is 0 Å². The minimum atomic E-state index is 0.733. The van der Waals surface area contributed by atoms with Gasteiger partial charge in [-0.05, 0) is 48.9 Å². The van der Waals surface area contributed by atoms with Gasteiger partial charge >= 0.3 is 0 Å². The van der Waals surface area contributed by atoms with Crippen LogP contribution in [-0.4, -0.2) is 0 Å². The van der Waals surface area contributed by atoms with Gasteiger partial charge in [-0.25, -0.2) is 0 Å². The Kier molecular flexibility index (Phi) is 1.97. The lowest BCUT2D eigenvalue weighted by Crippen LogP contribution is -2.31. The molecule has 0 spiro atoms. The van der Waals surface area contributed by atoms with Crippen molar-refractivity contribution in [2.75, 3.05) is 0 Å². The van der Waals surface area contributed by atoms with Gasteiger partial charge < -0.3 is 0 Å². The predicted molar refractivity (Wildman–Crippen MR) is 53.0 cm³/mol. The first-order valence-electron chi connectivity index (χ1n) is 5.62. The van der Waals surface area contributed by atoms with E-state index in [2.05, 4.69) is 20.8 Å². The van der Waals surface area contributed by atoms with Crippen LogP contribution in [0.1, 0.15) is 52.9 Å². The summed E-state index contributed by atoms with van der Waals surface area (Å²) in [4.78, 5) is 0. The van der Waals surface area contributed by atoms with Crippen LogP contribution in [0.2, 0.25) is 0 Å². The second-order valence-corrected chi connectivity index (χ2v) is 5.66. The lowest BCUT2D eigenvalue weighted by atomic mass is 9.65. The summed E-state index contributed by atoms with van der Waals surface area (Å²) in [5.41, 5.74) is 0.733. The summed E-state index contributed by atoms with van der Waals surface area (Å²) in [5.74, 6) is 3.08. The summed E-state index contributed by atoms with van der Waals surface area (Å²) in [6.45, 7) is 7.44. The third kappa shape index (κ3) is 1.20. The second kappa shape index (κ2) is 2.75. The van der Waals surface area contributed by atoms with Crippen LogP contribution in [-0.2, 0) is 0 Å². The molecule has 0 aromatic carbocycles. The molecule has 2 aliphatic carbocycles. The zero-order valence-corrected chi connectivity index (χ0v) is 8.77. The molecule has 2 rings (SSSR count). The molecule has 0 heteroatoms. The van der Waals surface area contributed by atoms with E-state index in [1.807, 2.05) is 0 Å². The fourth-order valence-electron chi connectivity index (χ4n) is 3.88. The quantitative estimate of drug-likeness (QED) is 0.512. The van der Waals surface area contributed by atoms with Crippen LogP contribution in [0.25, 0.3) is 0 Å². The van der Waals surface area contributed by atoms with Crippen molar-refractivity contribution in [2.24, 2.45) is 23.2 Å². The molecule has 0 heterocycles. The Morgan fingerprint density at radius 2 is 1.83 bits per heavy atom. The molecule has 2 saturated carbocycles. The lowest BCUT2D eigenvalue weighted by Gasteiger charge is -2.41. The second-order valence-electron chi connectivity index (χ2n) is 5.66. The van der Waals surface area contributed by atoms with Crippen molar-refractivity contribution in [3.63, 3.8) is 0 Å². The van der Waals surface area contributed by atoms with E-state index in [1.165, 1.54) is 32.1 Å². The Labute approximate surface area is 76.7 Å². The standard InChI is InChI=1S/C12H22/c1-9-4-5-11-10(2)6-7-12(11,3)8-9/h9-11H,4-8H2,1-3H3/t9-,10-,11+,12-/m1/s1. The van der Waals surface area contributed by atoms with Crippen molar-refractivity contribution in [3.05, 3.63) is 0 Å². The van der Waals surface area contributed by atoms with Crippen molar-refractivity contribution in [1.29, 1.82) is 0 Å². The van der Waals surface area contributed by atoms with Gasteiger partial charge in [-0.3, -0.25) is 0 Å². The first kappa shape index (κ1) is 8.59. The summed E-state index contributed by atoms with van der Waals surface area (Å²) in [5, 5.41) is 0. The van der Waals surface area contributed by atoms with Crippen LogP contribution in [0.15, 0.2) is 0 Å². The van der Waals surface area contributed by atoms with Crippen molar-refractivity contribution in [1.82, 2.24) is 0 Å². The molecule has 0 bridgehead atoms. The Hall–Kier alpha value is 0. The highest BCUT2D eigenvalue weighted by Gasteiger charge is 2.45. The summed E-state index contributed by atoms with van der Waals surface area (Å²) in [6.07, 6.45) is 7.50. The summed E-state index contributed by atoms with van der Waals surface area (Å²) >= 11 is 0. The SMILES string of the molecule is C[C@@H]1CC[C@H]2[C@H](C)CC[C@]2(C)C1. The Morgan fingerprint density at radius 3 is 2.58 bits per heavy atom. The van der Waals surface area contributed by atoms with E-state index in [1.54, 1.807) is 0 Å². The minimum Gasteiger partial charge on any atom is -0.0625 e. The topological polar surface area (TPSA) is 0 Å². The molecule has 0 nitrogen and oxygen atoms in total. The number of hydrogen-bond acceptors (Lipinski definition) is 0. The Bertz CT molecular complexity index is 173. The van der Waals surface area contributed by atoms with Gasteiger partial charge in [0.15, 0.2) is 0 Å². The highest BCUT2D eigenvalue weighted by Crippen LogP contribution is 2.55. The first-order valence-corrected chi connectivity index (χ1v) is 5.62. The molecule has 0 amide bonds. The Morgan fingerprint density at radius 1 is 1.08 bits per heavy atom. The molecule has 0 aliphatic heterocycles. The lowest BCUT2D eigenvalue weighted by molar-refractivity contribution is 0.0947. The molecule has 0 aromatic heterocycles. The van der Waals surface area contributed by atoms with Gasteiger partial charge in [0.2, 0.25) is 0 Å². The van der Waals surface area contributed by atoms with Gasteiger partial charge in [-0.2, -0.15) is 0 Å². The zero-order valence-electron chi connectivity index (χ0n) is 8.77. The first-order chi connectivity index (χ1) is 5.62. The van der Waals surface area contributed by atoms with Crippen molar-refractivity contribution in [2.45, 2.75) is 52.9 Å². The zero-order chi connectivity index (χ0) is 8.77. The van der Waals surface area contributed by atoms with Gasteiger partial charge in [0.05, 0.1) is 0 Å². The molecule has 0 radical (unpaired) electrons. The molecule has 0 aromatic rings. The molecule has 70 valence electrons. The maximum Gasteiger partial charge on any atom is -0.0292 e. The van der Waals surface area contributed by atoms with Gasteiger partial charge in [0, 0.05) is 0 Å². The van der Waals surface area contributed by atoms with E-state index in [-0.39, 0.29) is 0 Å². The minimum absolute atomic E-state index is 0.733. The largest absolute Gasteiger partial charge is 0.0625 e. The number of fused-ring (bicyclic) bond motifs is 1. The monoisotopic (exact) mass is 166 g/mol. The van der Waals surface area contributed by atoms with Crippen LogP contribution in [0, 0.1) is 23.2 Å². The van der Waals surface area contributed by atoms with E-state index in [0.29, 0.717) is 0 Å². The van der Waals surface area contributed by atoms with Gasteiger partial charge in [-0.1, -0.05) is 27.2 Å².